The highest BCUT2D eigenvalue weighted by atomic mass is 32.2. The average Bonchev–Trinajstić information content (AvgIpc) is 3.42. The molecule has 0 N–H and O–H groups in total. The Kier molecular flexibility index (Phi) is 8.27. The second-order valence-electron chi connectivity index (χ2n) is 11.8. The molecule has 240 valence electrons. The summed E-state index contributed by atoms with van der Waals surface area (Å²) >= 11 is 0. The number of para-hydroxylation sites is 1. The van der Waals surface area contributed by atoms with E-state index in [-0.39, 0.29) is 19.6 Å². The van der Waals surface area contributed by atoms with E-state index in [0.717, 1.165) is 43.3 Å². The van der Waals surface area contributed by atoms with Crippen molar-refractivity contribution in [2.24, 2.45) is 0 Å². The lowest BCUT2D eigenvalue weighted by Crippen LogP contribution is -2.08. The molecule has 0 saturated carbocycles. The minimum absolute atomic E-state index is 0.222. The summed E-state index contributed by atoms with van der Waals surface area (Å²) in [5.74, 6) is 0. The summed E-state index contributed by atoms with van der Waals surface area (Å²) in [4.78, 5) is 3.84. The lowest BCUT2D eigenvalue weighted by atomic mass is 10.1. The van der Waals surface area contributed by atoms with Gasteiger partial charge in [0.2, 0.25) is 19.7 Å². The van der Waals surface area contributed by atoms with Crippen molar-refractivity contribution >= 4 is 52.4 Å². The molecule has 0 aliphatic carbocycles. The van der Waals surface area contributed by atoms with Gasteiger partial charge in [0.25, 0.3) is 0 Å². The van der Waals surface area contributed by atoms with Crippen LogP contribution in [0.2, 0.25) is 0 Å². The zero-order valence-corrected chi connectivity index (χ0v) is 29.2. The molecule has 0 fully saturated rings. The molecule has 0 aliphatic heterocycles. The lowest BCUT2D eigenvalue weighted by Gasteiger charge is -2.11. The van der Waals surface area contributed by atoms with Crippen LogP contribution in [0.15, 0.2) is 174 Å². The second-order valence-corrected chi connectivity index (χ2v) is 17.7. The number of sulfone groups is 2. The summed E-state index contributed by atoms with van der Waals surface area (Å²) < 4.78 is 56.2. The van der Waals surface area contributed by atoms with Crippen LogP contribution in [0.4, 0.5) is 0 Å². The fourth-order valence-electron chi connectivity index (χ4n) is 6.13. The van der Waals surface area contributed by atoms with Crippen LogP contribution in [0.1, 0.15) is 18.1 Å². The Hall–Kier alpha value is -4.63. The van der Waals surface area contributed by atoms with Crippen LogP contribution in [-0.4, -0.2) is 21.4 Å². The highest BCUT2D eigenvalue weighted by molar-refractivity contribution is 7.97. The molecule has 7 rings (SSSR count). The first kappa shape index (κ1) is 31.9. The summed E-state index contributed by atoms with van der Waals surface area (Å²) in [6, 6.07) is 42.8. The Balaban J connectivity index is 1.35. The van der Waals surface area contributed by atoms with Crippen LogP contribution in [0.5, 0.6) is 0 Å². The smallest absolute Gasteiger partial charge is 0.206 e. The van der Waals surface area contributed by atoms with Gasteiger partial charge in [-0.05, 0) is 112 Å². The number of hydrogen-bond acceptors (Lipinski definition) is 4. The molecule has 0 amide bonds. The Bertz CT molecular complexity index is 2380. The molecule has 1 heterocycles. The molecule has 6 aromatic carbocycles. The van der Waals surface area contributed by atoms with Gasteiger partial charge >= 0.3 is 0 Å². The van der Waals surface area contributed by atoms with Crippen LogP contribution in [0.25, 0.3) is 21.8 Å². The lowest BCUT2D eigenvalue weighted by molar-refractivity contribution is 0.594. The van der Waals surface area contributed by atoms with Gasteiger partial charge in [-0.2, -0.15) is 0 Å². The van der Waals surface area contributed by atoms with E-state index in [0.29, 0.717) is 0 Å². The van der Waals surface area contributed by atoms with E-state index in [2.05, 4.69) is 54.0 Å². The third-order valence-corrected chi connectivity index (χ3v) is 14.5. The maximum absolute atomic E-state index is 13.5. The summed E-state index contributed by atoms with van der Waals surface area (Å²) in [6.07, 6.45) is 0. The first-order valence-corrected chi connectivity index (χ1v) is 19.9. The van der Waals surface area contributed by atoms with Crippen molar-refractivity contribution in [1.29, 1.82) is 0 Å². The summed E-state index contributed by atoms with van der Waals surface area (Å²) in [7, 11) is -8.07. The number of benzene rings is 6. The summed E-state index contributed by atoms with van der Waals surface area (Å²) in [5, 5.41) is 2.30. The molecule has 0 spiro atoms. The Morgan fingerprint density at radius 1 is 0.479 bits per heavy atom. The minimum Gasteiger partial charge on any atom is -0.341 e. The van der Waals surface area contributed by atoms with E-state index in [1.807, 2.05) is 38.1 Å². The van der Waals surface area contributed by atoms with Gasteiger partial charge in [0, 0.05) is 34.4 Å². The molecule has 0 aliphatic rings. The average molecular weight is 689 g/mol. The molecule has 0 radical (unpaired) electrons. The fourth-order valence-corrected chi connectivity index (χ4v) is 10.7. The maximum Gasteiger partial charge on any atom is 0.206 e. The van der Waals surface area contributed by atoms with Crippen LogP contribution >= 0.6 is 0 Å². The quantitative estimate of drug-likeness (QED) is 0.149. The van der Waals surface area contributed by atoms with Gasteiger partial charge in [-0.25, -0.2) is 16.8 Å². The van der Waals surface area contributed by atoms with E-state index in [4.69, 9.17) is 0 Å². The number of aromatic nitrogens is 1. The van der Waals surface area contributed by atoms with Gasteiger partial charge in [0.15, 0.2) is 14.7 Å². The zero-order valence-electron chi connectivity index (χ0n) is 26.8. The molecule has 0 saturated heterocycles. The van der Waals surface area contributed by atoms with Crippen molar-refractivity contribution in [2.75, 3.05) is 0 Å². The Labute approximate surface area is 284 Å². The molecule has 1 aromatic heterocycles. The number of nitrogens with zero attached hydrogens (tertiary/aromatic N) is 1. The van der Waals surface area contributed by atoms with Gasteiger partial charge in [-0.1, -0.05) is 53.6 Å². The third-order valence-electron chi connectivity index (χ3n) is 8.70. The van der Waals surface area contributed by atoms with E-state index in [9.17, 15) is 16.8 Å². The molecular weight excluding hydrogens is 655 g/mol. The molecule has 5 nitrogen and oxygen atoms in total. The molecule has 8 heteroatoms. The highest BCUT2D eigenvalue weighted by Crippen LogP contribution is 2.37. The van der Waals surface area contributed by atoms with Crippen LogP contribution in [-0.2, 0) is 37.1 Å². The Morgan fingerprint density at radius 2 is 0.875 bits per heavy atom. The van der Waals surface area contributed by atoms with E-state index in [1.54, 1.807) is 72.8 Å². The SMILES string of the molecule is CCn1c2ccccc2c2cc([S+](c3ccc(S(=O)(=O)c4ccc(C)cc4)cc3)c3ccc(S(=O)(=O)c4ccc(C)cc4)cc3)ccc21. The van der Waals surface area contributed by atoms with Crippen molar-refractivity contribution < 1.29 is 16.8 Å². The first-order chi connectivity index (χ1) is 23.1. The summed E-state index contributed by atoms with van der Waals surface area (Å²) in [6.45, 7) is 6.83. The van der Waals surface area contributed by atoms with Crippen molar-refractivity contribution in [3.63, 3.8) is 0 Å². The molecule has 48 heavy (non-hydrogen) atoms. The number of fused-ring (bicyclic) bond motifs is 3. The van der Waals surface area contributed by atoms with Crippen LogP contribution in [0.3, 0.4) is 0 Å². The maximum atomic E-state index is 13.5. The number of rotatable bonds is 8. The van der Waals surface area contributed by atoms with E-state index < -0.39 is 30.6 Å². The molecule has 0 atom stereocenters. The van der Waals surface area contributed by atoms with Crippen LogP contribution in [0, 0.1) is 13.8 Å². The number of hydrogen-bond donors (Lipinski definition) is 0. The zero-order chi connectivity index (χ0) is 33.6. The molecular formula is C40H34NO4S3+. The molecule has 0 unspecified atom stereocenters. The minimum atomic E-state index is -3.70. The standard InChI is InChI=1S/C40H34NO4S3/c1-4-41-39-8-6-5-7-37(39)38-27-32(17-26-40(38)41)46(30-13-22-35(23-14-30)47(42,43)33-18-9-28(2)10-19-33)31-15-24-36(25-16-31)48(44,45)34-20-11-29(3)12-21-34/h5-27H,4H2,1-3H3/q+1. The summed E-state index contributed by atoms with van der Waals surface area (Å²) in [5.41, 5.74) is 4.29. The van der Waals surface area contributed by atoms with Crippen molar-refractivity contribution in [1.82, 2.24) is 4.57 Å². The highest BCUT2D eigenvalue weighted by Gasteiger charge is 2.31. The van der Waals surface area contributed by atoms with E-state index >= 15 is 0 Å². The monoisotopic (exact) mass is 688 g/mol. The predicted molar refractivity (Wildman–Crippen MR) is 193 cm³/mol. The first-order valence-electron chi connectivity index (χ1n) is 15.7. The molecule has 7 aromatic rings. The topological polar surface area (TPSA) is 73.2 Å². The van der Waals surface area contributed by atoms with Gasteiger partial charge in [0.05, 0.1) is 30.5 Å². The second kappa shape index (κ2) is 12.4. The van der Waals surface area contributed by atoms with Crippen LogP contribution < -0.4 is 0 Å². The van der Waals surface area contributed by atoms with Gasteiger partial charge in [-0.3, -0.25) is 0 Å². The van der Waals surface area contributed by atoms with Crippen molar-refractivity contribution in [3.8, 4) is 0 Å². The predicted octanol–water partition coefficient (Wildman–Crippen LogP) is 9.19. The van der Waals surface area contributed by atoms with Gasteiger partial charge < -0.3 is 4.57 Å². The third kappa shape index (κ3) is 5.64. The fraction of sp³-hybridized carbons (Fsp3) is 0.100. The largest absolute Gasteiger partial charge is 0.341 e. The van der Waals surface area contributed by atoms with E-state index in [1.165, 1.54) is 10.9 Å². The Morgan fingerprint density at radius 3 is 1.33 bits per heavy atom. The molecule has 0 bridgehead atoms. The normalized spacial score (nSPS) is 12.2. The van der Waals surface area contributed by atoms with Gasteiger partial charge in [0.1, 0.15) is 0 Å². The van der Waals surface area contributed by atoms with Crippen molar-refractivity contribution in [2.45, 2.75) is 61.6 Å². The number of aryl methyl sites for hydroxylation is 3. The van der Waals surface area contributed by atoms with Crippen molar-refractivity contribution in [3.05, 3.63) is 151 Å². The van der Waals surface area contributed by atoms with Gasteiger partial charge in [-0.15, -0.1) is 0 Å².